The molecule has 166 valence electrons. The van der Waals surface area contributed by atoms with Crippen molar-refractivity contribution in [3.63, 3.8) is 0 Å². The molecule has 1 spiro atoms. The molecule has 8 heteroatoms. The molecule has 5 atom stereocenters. The SMILES string of the molecule is CC[C@@H](C)N1C(=O)[C@H]2[C@@H](C1=O)[C@@]1(N[C@@H]2Cc2ccc(O)cc2)C(=O)Nc2ccc(Cl)cc21. The van der Waals surface area contributed by atoms with Gasteiger partial charge in [-0.3, -0.25) is 24.6 Å². The van der Waals surface area contributed by atoms with Gasteiger partial charge in [-0.15, -0.1) is 0 Å². The highest BCUT2D eigenvalue weighted by Crippen LogP contribution is 2.54. The number of nitrogens with zero attached hydrogens (tertiary/aromatic N) is 1. The second-order valence-corrected chi connectivity index (χ2v) is 9.32. The van der Waals surface area contributed by atoms with Gasteiger partial charge in [-0.1, -0.05) is 30.7 Å². The van der Waals surface area contributed by atoms with Gasteiger partial charge in [0.2, 0.25) is 17.7 Å². The summed E-state index contributed by atoms with van der Waals surface area (Å²) in [5.41, 5.74) is 0.730. The van der Waals surface area contributed by atoms with Gasteiger partial charge in [-0.25, -0.2) is 0 Å². The first-order chi connectivity index (χ1) is 15.3. The Morgan fingerprint density at radius 1 is 1.12 bits per heavy atom. The third-order valence-corrected chi connectivity index (χ3v) is 7.37. The molecule has 7 nitrogen and oxygen atoms in total. The summed E-state index contributed by atoms with van der Waals surface area (Å²) in [6, 6.07) is 11.2. The number of anilines is 1. The molecular weight excluding hydrogens is 430 g/mol. The molecular formula is C24H24ClN3O4. The van der Waals surface area contributed by atoms with E-state index in [2.05, 4.69) is 10.6 Å². The first-order valence-corrected chi connectivity index (χ1v) is 11.2. The number of carbonyl (C=O) groups is 3. The number of hydrogen-bond donors (Lipinski definition) is 3. The molecule has 2 saturated heterocycles. The largest absolute Gasteiger partial charge is 0.508 e. The lowest BCUT2D eigenvalue weighted by atomic mass is 9.76. The standard InChI is InChI=1S/C24H24ClN3O4/c1-3-12(2)28-21(30)19-18(10-13-4-7-15(29)8-5-13)27-24(20(19)22(28)31)16-11-14(25)6-9-17(16)26-23(24)32/h4-9,11-12,18-20,27,29H,3,10H2,1-2H3,(H,26,32)/t12-,18-,19-,20+,24-/m1/s1. The minimum atomic E-state index is -1.36. The molecule has 0 unspecified atom stereocenters. The summed E-state index contributed by atoms with van der Waals surface area (Å²) < 4.78 is 0. The van der Waals surface area contributed by atoms with E-state index >= 15 is 0 Å². The van der Waals surface area contributed by atoms with E-state index in [1.165, 1.54) is 4.90 Å². The minimum absolute atomic E-state index is 0.149. The summed E-state index contributed by atoms with van der Waals surface area (Å²) in [4.78, 5) is 42.0. The average Bonchev–Trinajstić information content (AvgIpc) is 3.34. The maximum Gasteiger partial charge on any atom is 0.250 e. The molecule has 0 bridgehead atoms. The number of nitrogens with one attached hydrogen (secondary N) is 2. The highest BCUT2D eigenvalue weighted by molar-refractivity contribution is 6.31. The van der Waals surface area contributed by atoms with Gasteiger partial charge in [0.25, 0.3) is 0 Å². The van der Waals surface area contributed by atoms with E-state index < -0.39 is 23.4 Å². The number of likely N-dealkylation sites (tertiary alicyclic amines) is 1. The van der Waals surface area contributed by atoms with E-state index in [1.54, 1.807) is 42.5 Å². The number of phenols is 1. The van der Waals surface area contributed by atoms with Crippen molar-refractivity contribution in [2.75, 3.05) is 5.32 Å². The quantitative estimate of drug-likeness (QED) is 0.618. The summed E-state index contributed by atoms with van der Waals surface area (Å²) in [6.45, 7) is 3.78. The number of imide groups is 1. The number of amides is 3. The number of halogens is 1. The zero-order valence-corrected chi connectivity index (χ0v) is 18.5. The Hall–Kier alpha value is -2.90. The van der Waals surface area contributed by atoms with Gasteiger partial charge in [-0.2, -0.15) is 0 Å². The number of phenolic OH excluding ortho intramolecular Hbond substituents is 1. The van der Waals surface area contributed by atoms with Crippen molar-refractivity contribution >= 4 is 35.0 Å². The van der Waals surface area contributed by atoms with Crippen LogP contribution in [0.4, 0.5) is 5.69 Å². The number of fused-ring (bicyclic) bond motifs is 4. The van der Waals surface area contributed by atoms with Gasteiger partial charge in [0.1, 0.15) is 11.3 Å². The number of benzene rings is 2. The van der Waals surface area contributed by atoms with E-state index in [-0.39, 0.29) is 29.5 Å². The Bertz CT molecular complexity index is 1130. The number of carbonyl (C=O) groups excluding carboxylic acids is 3. The molecule has 3 N–H and O–H groups in total. The number of rotatable bonds is 4. The summed E-state index contributed by atoms with van der Waals surface area (Å²) >= 11 is 6.27. The average molecular weight is 454 g/mol. The van der Waals surface area contributed by atoms with E-state index in [0.717, 1.165) is 5.56 Å². The van der Waals surface area contributed by atoms with Crippen LogP contribution in [-0.2, 0) is 26.3 Å². The Morgan fingerprint density at radius 2 is 1.84 bits per heavy atom. The number of aromatic hydroxyl groups is 1. The first-order valence-electron chi connectivity index (χ1n) is 10.8. The second-order valence-electron chi connectivity index (χ2n) is 8.88. The molecule has 3 aliphatic heterocycles. The van der Waals surface area contributed by atoms with Gasteiger partial charge in [0, 0.05) is 28.4 Å². The third kappa shape index (κ3) is 2.81. The van der Waals surface area contributed by atoms with Crippen LogP contribution in [0.15, 0.2) is 42.5 Å². The lowest BCUT2D eigenvalue weighted by Crippen LogP contribution is -2.54. The second kappa shape index (κ2) is 7.32. The molecule has 5 rings (SSSR count). The molecule has 3 aliphatic rings. The molecule has 0 saturated carbocycles. The van der Waals surface area contributed by atoms with Crippen LogP contribution >= 0.6 is 11.6 Å². The predicted molar refractivity (Wildman–Crippen MR) is 119 cm³/mol. The van der Waals surface area contributed by atoms with Crippen LogP contribution < -0.4 is 10.6 Å². The maximum absolute atomic E-state index is 13.7. The molecule has 3 amide bonds. The van der Waals surface area contributed by atoms with Crippen molar-refractivity contribution in [3.8, 4) is 5.75 Å². The molecule has 2 aromatic rings. The van der Waals surface area contributed by atoms with Crippen LogP contribution in [0.25, 0.3) is 0 Å². The fourth-order valence-corrected chi connectivity index (χ4v) is 5.65. The van der Waals surface area contributed by atoms with Crippen LogP contribution in [0.3, 0.4) is 0 Å². The summed E-state index contributed by atoms with van der Waals surface area (Å²) in [7, 11) is 0. The van der Waals surface area contributed by atoms with E-state index in [0.29, 0.717) is 29.1 Å². The molecule has 2 fully saturated rings. The van der Waals surface area contributed by atoms with E-state index in [1.807, 2.05) is 13.8 Å². The van der Waals surface area contributed by atoms with Gasteiger partial charge < -0.3 is 10.4 Å². The summed E-state index contributed by atoms with van der Waals surface area (Å²) in [5, 5.41) is 16.4. The lowest BCUT2D eigenvalue weighted by Gasteiger charge is -2.31. The van der Waals surface area contributed by atoms with Gasteiger partial charge >= 0.3 is 0 Å². The molecule has 2 aromatic carbocycles. The Morgan fingerprint density at radius 3 is 2.53 bits per heavy atom. The van der Waals surface area contributed by atoms with Crippen LogP contribution in [0.1, 0.15) is 31.4 Å². The Balaban J connectivity index is 1.64. The normalized spacial score (nSPS) is 29.4. The highest BCUT2D eigenvalue weighted by atomic mass is 35.5. The molecule has 0 aromatic heterocycles. The van der Waals surface area contributed by atoms with Crippen LogP contribution in [0.2, 0.25) is 5.02 Å². The van der Waals surface area contributed by atoms with Crippen molar-refractivity contribution < 1.29 is 19.5 Å². The maximum atomic E-state index is 13.7. The third-order valence-electron chi connectivity index (χ3n) is 7.13. The molecule has 32 heavy (non-hydrogen) atoms. The molecule has 3 heterocycles. The summed E-state index contributed by atoms with van der Waals surface area (Å²) in [6.07, 6.45) is 1.06. The smallest absolute Gasteiger partial charge is 0.250 e. The number of hydrogen-bond acceptors (Lipinski definition) is 5. The topological polar surface area (TPSA) is 98.7 Å². The van der Waals surface area contributed by atoms with Crippen molar-refractivity contribution in [2.24, 2.45) is 11.8 Å². The van der Waals surface area contributed by atoms with Crippen molar-refractivity contribution in [1.29, 1.82) is 0 Å². The van der Waals surface area contributed by atoms with Gasteiger partial charge in [-0.05, 0) is 55.7 Å². The van der Waals surface area contributed by atoms with Crippen LogP contribution in [0.5, 0.6) is 5.75 Å². The minimum Gasteiger partial charge on any atom is -0.508 e. The zero-order chi connectivity index (χ0) is 22.8. The Kier molecular flexibility index (Phi) is 4.80. The van der Waals surface area contributed by atoms with Gasteiger partial charge in [0.15, 0.2) is 0 Å². The fourth-order valence-electron chi connectivity index (χ4n) is 5.47. The zero-order valence-electron chi connectivity index (χ0n) is 17.8. The molecule has 0 radical (unpaired) electrons. The summed E-state index contributed by atoms with van der Waals surface area (Å²) in [5.74, 6) is -2.29. The van der Waals surface area contributed by atoms with Crippen molar-refractivity contribution in [3.05, 3.63) is 58.6 Å². The van der Waals surface area contributed by atoms with Crippen LogP contribution in [-0.4, -0.2) is 39.8 Å². The first kappa shape index (κ1) is 21.0. The molecule has 0 aliphatic carbocycles. The lowest BCUT2D eigenvalue weighted by molar-refractivity contribution is -0.145. The Labute approximate surface area is 190 Å². The van der Waals surface area contributed by atoms with Gasteiger partial charge in [0.05, 0.1) is 11.8 Å². The van der Waals surface area contributed by atoms with E-state index in [4.69, 9.17) is 11.6 Å². The van der Waals surface area contributed by atoms with Crippen molar-refractivity contribution in [2.45, 2.75) is 44.3 Å². The fraction of sp³-hybridized carbons (Fsp3) is 0.375. The highest BCUT2D eigenvalue weighted by Gasteiger charge is 2.70. The predicted octanol–water partition coefficient (Wildman–Crippen LogP) is 2.81. The van der Waals surface area contributed by atoms with Crippen molar-refractivity contribution in [1.82, 2.24) is 10.2 Å². The van der Waals surface area contributed by atoms with Crippen LogP contribution in [0, 0.1) is 11.8 Å². The van der Waals surface area contributed by atoms with E-state index in [9.17, 15) is 19.5 Å². The monoisotopic (exact) mass is 453 g/mol.